The third-order valence-corrected chi connectivity index (χ3v) is 5.67. The molecule has 162 valence electrons. The number of phenolic OH excluding ortho intramolecular Hbond substituents is 1. The summed E-state index contributed by atoms with van der Waals surface area (Å²) in [6.45, 7) is 3.35. The molecule has 2 aromatic rings. The first-order chi connectivity index (χ1) is 14.6. The van der Waals surface area contributed by atoms with Gasteiger partial charge in [0, 0.05) is 37.7 Å². The van der Waals surface area contributed by atoms with Gasteiger partial charge in [0.15, 0.2) is 0 Å². The molecule has 1 aliphatic rings. The van der Waals surface area contributed by atoms with E-state index < -0.39 is 0 Å². The normalized spacial score (nSPS) is 16.8. The predicted molar refractivity (Wildman–Crippen MR) is 117 cm³/mol. The standard InChI is InChI=1S/C24H32N2O4/c1-29-22-10-9-20(23(14-22)30-2)15-25-24(28)11-8-18-6-4-12-26(16-18)17-19-5-3-7-21(27)13-19/h3,5,7,9-10,13-14,18,27H,4,6,8,11-12,15-17H2,1-2H3,(H,25,28). The summed E-state index contributed by atoms with van der Waals surface area (Å²) >= 11 is 0. The molecule has 30 heavy (non-hydrogen) atoms. The van der Waals surface area contributed by atoms with Crippen molar-refractivity contribution in [2.45, 2.75) is 38.8 Å². The maximum Gasteiger partial charge on any atom is 0.220 e. The van der Waals surface area contributed by atoms with Crippen LogP contribution in [0.15, 0.2) is 42.5 Å². The zero-order valence-electron chi connectivity index (χ0n) is 17.9. The van der Waals surface area contributed by atoms with Crippen molar-refractivity contribution < 1.29 is 19.4 Å². The van der Waals surface area contributed by atoms with Crippen LogP contribution in [-0.2, 0) is 17.9 Å². The van der Waals surface area contributed by atoms with Gasteiger partial charge in [-0.05, 0) is 61.6 Å². The van der Waals surface area contributed by atoms with E-state index in [1.165, 1.54) is 0 Å². The van der Waals surface area contributed by atoms with Gasteiger partial charge in [-0.1, -0.05) is 12.1 Å². The van der Waals surface area contributed by atoms with Crippen LogP contribution in [0, 0.1) is 5.92 Å². The summed E-state index contributed by atoms with van der Waals surface area (Å²) in [6.07, 6.45) is 3.73. The number of nitrogens with one attached hydrogen (secondary N) is 1. The Bertz CT molecular complexity index is 840. The van der Waals surface area contributed by atoms with Crippen LogP contribution in [-0.4, -0.2) is 43.2 Å². The molecule has 6 heteroatoms. The molecule has 0 spiro atoms. The van der Waals surface area contributed by atoms with Gasteiger partial charge in [-0.25, -0.2) is 0 Å². The first kappa shape index (κ1) is 22.0. The molecule has 3 rings (SSSR count). The average molecular weight is 413 g/mol. The topological polar surface area (TPSA) is 71.0 Å². The molecule has 1 atom stereocenters. The van der Waals surface area contributed by atoms with Crippen molar-refractivity contribution in [1.82, 2.24) is 10.2 Å². The SMILES string of the molecule is COc1ccc(CNC(=O)CCC2CCCN(Cc3cccc(O)c3)C2)c(OC)c1. The molecule has 2 aromatic carbocycles. The Hall–Kier alpha value is -2.73. The number of rotatable bonds is 9. The smallest absolute Gasteiger partial charge is 0.220 e. The number of aromatic hydroxyl groups is 1. The van der Waals surface area contributed by atoms with Crippen LogP contribution in [0.4, 0.5) is 0 Å². The highest BCUT2D eigenvalue weighted by Gasteiger charge is 2.21. The summed E-state index contributed by atoms with van der Waals surface area (Å²) in [5.41, 5.74) is 2.06. The van der Waals surface area contributed by atoms with Gasteiger partial charge in [-0.3, -0.25) is 9.69 Å². The van der Waals surface area contributed by atoms with E-state index >= 15 is 0 Å². The Kier molecular flexibility index (Phi) is 7.97. The number of phenols is 1. The number of benzene rings is 2. The Morgan fingerprint density at radius 1 is 1.20 bits per heavy atom. The molecular formula is C24H32N2O4. The highest BCUT2D eigenvalue weighted by Crippen LogP contribution is 2.25. The van der Waals surface area contributed by atoms with E-state index in [2.05, 4.69) is 10.2 Å². The summed E-state index contributed by atoms with van der Waals surface area (Å²) in [6, 6.07) is 13.1. The molecule has 1 saturated heterocycles. The Morgan fingerprint density at radius 2 is 2.07 bits per heavy atom. The summed E-state index contributed by atoms with van der Waals surface area (Å²) in [4.78, 5) is 14.8. The van der Waals surface area contributed by atoms with Gasteiger partial charge < -0.3 is 19.9 Å². The maximum atomic E-state index is 12.4. The van der Waals surface area contributed by atoms with E-state index in [1.54, 1.807) is 20.3 Å². The number of ether oxygens (including phenoxy) is 2. The highest BCUT2D eigenvalue weighted by molar-refractivity contribution is 5.75. The molecule has 0 aliphatic carbocycles. The molecule has 0 bridgehead atoms. The average Bonchev–Trinajstić information content (AvgIpc) is 2.76. The molecule has 2 N–H and O–H groups in total. The highest BCUT2D eigenvalue weighted by atomic mass is 16.5. The fourth-order valence-electron chi connectivity index (χ4n) is 4.06. The number of amides is 1. The first-order valence-corrected chi connectivity index (χ1v) is 10.5. The van der Waals surface area contributed by atoms with Crippen LogP contribution in [0.5, 0.6) is 17.2 Å². The number of hydrogen-bond donors (Lipinski definition) is 2. The third kappa shape index (κ3) is 6.39. The van der Waals surface area contributed by atoms with Gasteiger partial charge in [0.2, 0.25) is 5.91 Å². The fraction of sp³-hybridized carbons (Fsp3) is 0.458. The summed E-state index contributed by atoms with van der Waals surface area (Å²) in [7, 11) is 3.23. The van der Waals surface area contributed by atoms with Crippen LogP contribution in [0.25, 0.3) is 0 Å². The maximum absolute atomic E-state index is 12.4. The lowest BCUT2D eigenvalue weighted by molar-refractivity contribution is -0.121. The van der Waals surface area contributed by atoms with Crippen LogP contribution < -0.4 is 14.8 Å². The van der Waals surface area contributed by atoms with E-state index in [9.17, 15) is 9.90 Å². The van der Waals surface area contributed by atoms with Gasteiger partial charge in [-0.2, -0.15) is 0 Å². The minimum atomic E-state index is 0.0676. The van der Waals surface area contributed by atoms with Gasteiger partial charge in [0.25, 0.3) is 0 Å². The van der Waals surface area contributed by atoms with Crippen LogP contribution >= 0.6 is 0 Å². The Morgan fingerprint density at radius 3 is 2.83 bits per heavy atom. The fourth-order valence-corrected chi connectivity index (χ4v) is 4.06. The van der Waals surface area contributed by atoms with Gasteiger partial charge >= 0.3 is 0 Å². The second kappa shape index (κ2) is 10.9. The lowest BCUT2D eigenvalue weighted by Gasteiger charge is -2.32. The van der Waals surface area contributed by atoms with E-state index in [0.29, 0.717) is 30.4 Å². The van der Waals surface area contributed by atoms with Crippen molar-refractivity contribution in [3.05, 3.63) is 53.6 Å². The zero-order valence-corrected chi connectivity index (χ0v) is 17.9. The van der Waals surface area contributed by atoms with Crippen molar-refractivity contribution in [3.8, 4) is 17.2 Å². The lowest BCUT2D eigenvalue weighted by Crippen LogP contribution is -2.35. The Balaban J connectivity index is 1.43. The zero-order chi connectivity index (χ0) is 21.3. The second-order valence-corrected chi connectivity index (χ2v) is 7.91. The molecule has 0 aromatic heterocycles. The first-order valence-electron chi connectivity index (χ1n) is 10.5. The number of nitrogens with zero attached hydrogens (tertiary/aromatic N) is 1. The minimum Gasteiger partial charge on any atom is -0.508 e. The summed E-state index contributed by atoms with van der Waals surface area (Å²) in [5, 5.41) is 12.7. The minimum absolute atomic E-state index is 0.0676. The quantitative estimate of drug-likeness (QED) is 0.657. The molecule has 6 nitrogen and oxygen atoms in total. The molecular weight excluding hydrogens is 380 g/mol. The van der Waals surface area contributed by atoms with Crippen molar-refractivity contribution in [3.63, 3.8) is 0 Å². The van der Waals surface area contributed by atoms with E-state index in [0.717, 1.165) is 55.8 Å². The number of carbonyl (C=O) groups excluding carboxylic acids is 1. The second-order valence-electron chi connectivity index (χ2n) is 7.91. The number of carbonyl (C=O) groups is 1. The monoisotopic (exact) mass is 412 g/mol. The van der Waals surface area contributed by atoms with Gasteiger partial charge in [0.05, 0.1) is 14.2 Å². The van der Waals surface area contributed by atoms with Crippen LogP contribution in [0.1, 0.15) is 36.8 Å². The van der Waals surface area contributed by atoms with Crippen molar-refractivity contribution >= 4 is 5.91 Å². The van der Waals surface area contributed by atoms with Crippen molar-refractivity contribution in [2.75, 3.05) is 27.3 Å². The number of likely N-dealkylation sites (tertiary alicyclic amines) is 1. The summed E-state index contributed by atoms with van der Waals surface area (Å²) in [5.74, 6) is 2.35. The molecule has 0 saturated carbocycles. The third-order valence-electron chi connectivity index (χ3n) is 5.67. The largest absolute Gasteiger partial charge is 0.508 e. The van der Waals surface area contributed by atoms with Gasteiger partial charge in [-0.15, -0.1) is 0 Å². The number of hydrogen-bond acceptors (Lipinski definition) is 5. The molecule has 1 aliphatic heterocycles. The summed E-state index contributed by atoms with van der Waals surface area (Å²) < 4.78 is 10.6. The van der Waals surface area contributed by atoms with Crippen LogP contribution in [0.3, 0.4) is 0 Å². The Labute approximate surface area is 178 Å². The van der Waals surface area contributed by atoms with Crippen LogP contribution in [0.2, 0.25) is 0 Å². The van der Waals surface area contributed by atoms with Crippen molar-refractivity contribution in [1.29, 1.82) is 0 Å². The number of methoxy groups -OCH3 is 2. The molecule has 1 unspecified atom stereocenters. The molecule has 1 fully saturated rings. The van der Waals surface area contributed by atoms with Crippen molar-refractivity contribution in [2.24, 2.45) is 5.92 Å². The van der Waals surface area contributed by atoms with E-state index in [4.69, 9.17) is 9.47 Å². The van der Waals surface area contributed by atoms with Gasteiger partial charge in [0.1, 0.15) is 17.2 Å². The molecule has 1 amide bonds. The van der Waals surface area contributed by atoms with E-state index in [-0.39, 0.29) is 5.91 Å². The molecule has 0 radical (unpaired) electrons. The number of piperidine rings is 1. The molecule has 1 heterocycles. The lowest BCUT2D eigenvalue weighted by atomic mass is 9.93. The van der Waals surface area contributed by atoms with E-state index in [1.807, 2.05) is 36.4 Å². The predicted octanol–water partition coefficient (Wildman–Crippen LogP) is 3.72.